The maximum Gasteiger partial charge on any atom is 0.416 e. The first kappa shape index (κ1) is 32.4. The van der Waals surface area contributed by atoms with Crippen LogP contribution in [-0.2, 0) is 12.4 Å². The molecule has 8 heteroatoms. The van der Waals surface area contributed by atoms with Crippen molar-refractivity contribution in [2.24, 2.45) is 0 Å². The van der Waals surface area contributed by atoms with Crippen LogP contribution in [-0.4, -0.2) is 0 Å². The minimum Gasteiger partial charge on any atom is -0.311 e. The second-order valence-electron chi connectivity index (χ2n) is 11.5. The molecule has 6 rings (SSSR count). The van der Waals surface area contributed by atoms with Crippen LogP contribution >= 0.6 is 0 Å². The lowest BCUT2D eigenvalue weighted by molar-refractivity contribution is -0.138. The summed E-state index contributed by atoms with van der Waals surface area (Å²) < 4.78 is 79.7. The maximum atomic E-state index is 13.3. The first-order valence-corrected chi connectivity index (χ1v) is 15.2. The van der Waals surface area contributed by atoms with E-state index in [1.54, 1.807) is 17.0 Å². The topological polar surface area (TPSA) is 6.48 Å². The van der Waals surface area contributed by atoms with Crippen LogP contribution in [0.2, 0.25) is 0 Å². The highest BCUT2D eigenvalue weighted by Gasteiger charge is 2.31. The van der Waals surface area contributed by atoms with Gasteiger partial charge in [-0.2, -0.15) is 26.3 Å². The first-order valence-electron chi connectivity index (χ1n) is 15.2. The molecule has 0 atom stereocenters. The molecule has 0 N–H and O–H groups in total. The van der Waals surface area contributed by atoms with Gasteiger partial charge in [-0.25, -0.2) is 0 Å². The molecule has 0 spiro atoms. The van der Waals surface area contributed by atoms with E-state index in [2.05, 4.69) is 53.4 Å². The van der Waals surface area contributed by atoms with Gasteiger partial charge in [0.1, 0.15) is 0 Å². The van der Waals surface area contributed by atoms with Crippen LogP contribution in [0, 0.1) is 13.8 Å². The Kier molecular flexibility index (Phi) is 8.75. The number of halogens is 6. The van der Waals surface area contributed by atoms with E-state index in [-0.39, 0.29) is 0 Å². The highest BCUT2D eigenvalue weighted by Crippen LogP contribution is 2.40. The van der Waals surface area contributed by atoms with E-state index in [1.807, 2.05) is 50.2 Å². The van der Waals surface area contributed by atoms with Gasteiger partial charge in [0.25, 0.3) is 0 Å². The SMILES string of the molecule is Cc1ccc(N(c2ccc(C)cc2)c2ccc(-c3ccc(N(c4ccc(C(F)(F)F)cc4)c4ccc(C(F)(F)F)cc4)cc3)cc2)cc1. The van der Waals surface area contributed by atoms with Crippen molar-refractivity contribution >= 4 is 34.1 Å². The Bertz CT molecular complexity index is 1860. The fourth-order valence-electron chi connectivity index (χ4n) is 5.49. The van der Waals surface area contributed by atoms with Gasteiger partial charge in [-0.05, 0) is 122 Å². The van der Waals surface area contributed by atoms with Gasteiger partial charge >= 0.3 is 12.4 Å². The second-order valence-corrected chi connectivity index (χ2v) is 11.5. The molecule has 0 aromatic heterocycles. The second kappa shape index (κ2) is 13.0. The van der Waals surface area contributed by atoms with Crippen molar-refractivity contribution in [3.8, 4) is 11.1 Å². The molecule has 0 radical (unpaired) electrons. The Morgan fingerprint density at radius 2 is 0.521 bits per heavy atom. The summed E-state index contributed by atoms with van der Waals surface area (Å²) in [7, 11) is 0. The molecule has 0 amide bonds. The van der Waals surface area contributed by atoms with E-state index in [4.69, 9.17) is 0 Å². The van der Waals surface area contributed by atoms with Crippen LogP contribution in [0.3, 0.4) is 0 Å². The molecule has 0 aliphatic heterocycles. The Morgan fingerprint density at radius 1 is 0.312 bits per heavy atom. The number of hydrogen-bond acceptors (Lipinski definition) is 2. The third kappa shape index (κ3) is 7.08. The normalized spacial score (nSPS) is 11.8. The van der Waals surface area contributed by atoms with Crippen LogP contribution in [0.5, 0.6) is 0 Å². The van der Waals surface area contributed by atoms with Crippen molar-refractivity contribution in [2.75, 3.05) is 9.80 Å². The smallest absolute Gasteiger partial charge is 0.311 e. The molecule has 0 aliphatic carbocycles. The molecule has 6 aromatic rings. The Morgan fingerprint density at radius 3 is 0.750 bits per heavy atom. The minimum atomic E-state index is -4.52. The van der Waals surface area contributed by atoms with Crippen molar-refractivity contribution in [1.29, 1.82) is 0 Å². The monoisotopic (exact) mass is 652 g/mol. The van der Waals surface area contributed by atoms with Gasteiger partial charge in [-0.15, -0.1) is 0 Å². The summed E-state index contributed by atoms with van der Waals surface area (Å²) in [6.45, 7) is 4.10. The van der Waals surface area contributed by atoms with Crippen molar-refractivity contribution in [3.05, 3.63) is 168 Å². The summed E-state index contributed by atoms with van der Waals surface area (Å²) in [6, 6.07) is 41.2. The van der Waals surface area contributed by atoms with Crippen LogP contribution in [0.1, 0.15) is 22.3 Å². The van der Waals surface area contributed by atoms with Gasteiger partial charge in [0.05, 0.1) is 11.1 Å². The molecule has 0 bridgehead atoms. The molecule has 6 aromatic carbocycles. The van der Waals surface area contributed by atoms with Gasteiger partial charge in [0.2, 0.25) is 0 Å². The lowest BCUT2D eigenvalue weighted by Crippen LogP contribution is -2.12. The number of rotatable bonds is 7. The standard InChI is InChI=1S/C40H30F6N2/c1-27-3-15-33(16-4-27)47(34-17-5-28(2)6-18-34)35-19-7-29(8-20-35)30-9-21-36(22-10-30)48(37-23-11-31(12-24-37)39(41,42)43)38-25-13-32(14-26-38)40(44,45)46/h3-26H,1-2H3. The van der Waals surface area contributed by atoms with Gasteiger partial charge in [-0.1, -0.05) is 59.7 Å². The predicted molar refractivity (Wildman–Crippen MR) is 181 cm³/mol. The van der Waals surface area contributed by atoms with E-state index >= 15 is 0 Å². The molecule has 48 heavy (non-hydrogen) atoms. The number of anilines is 6. The number of hydrogen-bond donors (Lipinski definition) is 0. The quantitative estimate of drug-likeness (QED) is 0.158. The average Bonchev–Trinajstić information content (AvgIpc) is 3.07. The van der Waals surface area contributed by atoms with Gasteiger partial charge in [-0.3, -0.25) is 0 Å². The number of nitrogens with zero attached hydrogens (tertiary/aromatic N) is 2. The first-order chi connectivity index (χ1) is 22.9. The van der Waals surface area contributed by atoms with Crippen molar-refractivity contribution in [2.45, 2.75) is 26.2 Å². The number of aryl methyl sites for hydroxylation is 2. The molecular formula is C40H30F6N2. The van der Waals surface area contributed by atoms with Crippen LogP contribution in [0.25, 0.3) is 11.1 Å². The Balaban J connectivity index is 1.32. The summed E-state index contributed by atoms with van der Waals surface area (Å²) in [5.41, 5.74) is 6.84. The maximum absolute atomic E-state index is 13.3. The summed E-state index contributed by atoms with van der Waals surface area (Å²) in [5.74, 6) is 0. The van der Waals surface area contributed by atoms with E-state index in [1.165, 1.54) is 24.3 Å². The van der Waals surface area contributed by atoms with Gasteiger partial charge in [0, 0.05) is 34.1 Å². The largest absolute Gasteiger partial charge is 0.416 e. The summed E-state index contributed by atoms with van der Waals surface area (Å²) in [4.78, 5) is 3.80. The fraction of sp³-hybridized carbons (Fsp3) is 0.100. The lowest BCUT2D eigenvalue weighted by atomic mass is 10.0. The molecule has 0 fully saturated rings. The molecule has 0 saturated carbocycles. The molecule has 0 unspecified atom stereocenters. The van der Waals surface area contributed by atoms with Crippen LogP contribution in [0.15, 0.2) is 146 Å². The zero-order valence-corrected chi connectivity index (χ0v) is 26.0. The van der Waals surface area contributed by atoms with E-state index in [0.717, 1.165) is 63.6 Å². The van der Waals surface area contributed by atoms with Crippen molar-refractivity contribution in [1.82, 2.24) is 0 Å². The van der Waals surface area contributed by atoms with Crippen molar-refractivity contribution in [3.63, 3.8) is 0 Å². The zero-order chi connectivity index (χ0) is 34.1. The zero-order valence-electron chi connectivity index (χ0n) is 26.0. The van der Waals surface area contributed by atoms with E-state index in [0.29, 0.717) is 17.1 Å². The van der Waals surface area contributed by atoms with E-state index < -0.39 is 23.5 Å². The highest BCUT2D eigenvalue weighted by atomic mass is 19.4. The fourth-order valence-corrected chi connectivity index (χ4v) is 5.49. The van der Waals surface area contributed by atoms with E-state index in [9.17, 15) is 26.3 Å². The number of benzene rings is 6. The Hall–Kier alpha value is -5.50. The van der Waals surface area contributed by atoms with Crippen LogP contribution in [0.4, 0.5) is 60.5 Å². The van der Waals surface area contributed by atoms with Crippen molar-refractivity contribution < 1.29 is 26.3 Å². The molecule has 0 saturated heterocycles. The molecule has 0 aliphatic rings. The highest BCUT2D eigenvalue weighted by molar-refractivity contribution is 5.81. The summed E-state index contributed by atoms with van der Waals surface area (Å²) in [6.07, 6.45) is -9.04. The number of alkyl halides is 6. The third-order valence-electron chi connectivity index (χ3n) is 8.07. The lowest BCUT2D eigenvalue weighted by Gasteiger charge is -2.26. The van der Waals surface area contributed by atoms with Gasteiger partial charge < -0.3 is 9.80 Å². The molecule has 0 heterocycles. The predicted octanol–water partition coefficient (Wildman–Crippen LogP) is 12.9. The molecule has 2 nitrogen and oxygen atoms in total. The Labute approximate surface area is 275 Å². The third-order valence-corrected chi connectivity index (χ3v) is 8.07. The average molecular weight is 653 g/mol. The molecular weight excluding hydrogens is 622 g/mol. The van der Waals surface area contributed by atoms with Gasteiger partial charge in [0.15, 0.2) is 0 Å². The minimum absolute atomic E-state index is 0.368. The summed E-state index contributed by atoms with van der Waals surface area (Å²) in [5, 5.41) is 0. The van der Waals surface area contributed by atoms with Crippen LogP contribution < -0.4 is 9.80 Å². The summed E-state index contributed by atoms with van der Waals surface area (Å²) >= 11 is 0. The molecule has 242 valence electrons.